The number of hydrogen-bond acceptors (Lipinski definition) is 3. The lowest BCUT2D eigenvalue weighted by atomic mass is 10.2. The van der Waals surface area contributed by atoms with E-state index in [9.17, 15) is 0 Å². The van der Waals surface area contributed by atoms with Crippen molar-refractivity contribution >= 4 is 5.82 Å². The molecule has 0 bridgehead atoms. The predicted molar refractivity (Wildman–Crippen MR) is 35.0 cm³/mol. The molecule has 0 unspecified atom stereocenters. The number of hydrogen-bond donors (Lipinski definition) is 1. The summed E-state index contributed by atoms with van der Waals surface area (Å²) in [5, 5.41) is 3.54. The largest absolute Gasteiger partial charge is 0.381 e. The van der Waals surface area contributed by atoms with Crippen LogP contribution in [0.3, 0.4) is 0 Å². The van der Waals surface area contributed by atoms with Gasteiger partial charge in [-0.25, -0.2) is 0 Å². The molecule has 9 heavy (non-hydrogen) atoms. The van der Waals surface area contributed by atoms with Crippen LogP contribution in [-0.4, -0.2) is 5.16 Å². The van der Waals surface area contributed by atoms with Crippen molar-refractivity contribution in [2.45, 2.75) is 19.8 Å². The van der Waals surface area contributed by atoms with Crippen molar-refractivity contribution < 1.29 is 4.52 Å². The Bertz CT molecular complexity index is 193. The maximum atomic E-state index is 5.31. The van der Waals surface area contributed by atoms with Crippen molar-refractivity contribution in [2.24, 2.45) is 0 Å². The van der Waals surface area contributed by atoms with E-state index in [-0.39, 0.29) is 0 Å². The average Bonchev–Trinajstić information content (AvgIpc) is 2.14. The minimum absolute atomic E-state index is 0.370. The summed E-state index contributed by atoms with van der Waals surface area (Å²) in [6.45, 7) is 4.06. The molecule has 0 amide bonds. The molecule has 0 saturated carbocycles. The third-order valence-corrected chi connectivity index (χ3v) is 1.12. The van der Waals surface area contributed by atoms with E-state index in [1.165, 1.54) is 0 Å². The lowest BCUT2D eigenvalue weighted by Gasteiger charge is -1.92. The summed E-state index contributed by atoms with van der Waals surface area (Å²) in [6.07, 6.45) is 0. The standard InChI is InChI=1S/C6H10N2O/c1-4(2)5-3-6(7)8-9-5/h3-4H,1-2H3,(H2,7,8). The highest BCUT2D eigenvalue weighted by molar-refractivity contribution is 5.27. The monoisotopic (exact) mass is 126 g/mol. The Morgan fingerprint density at radius 2 is 2.33 bits per heavy atom. The highest BCUT2D eigenvalue weighted by atomic mass is 16.5. The van der Waals surface area contributed by atoms with Crippen LogP contribution in [0, 0.1) is 0 Å². The van der Waals surface area contributed by atoms with Gasteiger partial charge in [0.2, 0.25) is 0 Å². The first kappa shape index (κ1) is 6.13. The van der Waals surface area contributed by atoms with Gasteiger partial charge in [0.15, 0.2) is 5.82 Å². The molecule has 3 heteroatoms. The molecule has 0 atom stereocenters. The third-order valence-electron chi connectivity index (χ3n) is 1.12. The fourth-order valence-electron chi connectivity index (χ4n) is 0.576. The van der Waals surface area contributed by atoms with E-state index >= 15 is 0 Å². The molecule has 2 N–H and O–H groups in total. The number of nitrogen functional groups attached to an aromatic ring is 1. The smallest absolute Gasteiger partial charge is 0.167 e. The maximum Gasteiger partial charge on any atom is 0.167 e. The Labute approximate surface area is 53.8 Å². The summed E-state index contributed by atoms with van der Waals surface area (Å²) in [4.78, 5) is 0. The SMILES string of the molecule is CC(C)c1cc(N)no1. The molecule has 1 aromatic rings. The van der Waals surface area contributed by atoms with E-state index in [0.717, 1.165) is 5.76 Å². The van der Waals surface area contributed by atoms with Gasteiger partial charge in [0.05, 0.1) is 0 Å². The van der Waals surface area contributed by atoms with E-state index < -0.39 is 0 Å². The van der Waals surface area contributed by atoms with E-state index in [2.05, 4.69) is 5.16 Å². The molecule has 0 radical (unpaired) electrons. The minimum Gasteiger partial charge on any atom is -0.381 e. The Morgan fingerprint density at radius 1 is 1.67 bits per heavy atom. The molecule has 0 aliphatic heterocycles. The van der Waals surface area contributed by atoms with Gasteiger partial charge in [0, 0.05) is 12.0 Å². The number of aromatic nitrogens is 1. The molecule has 0 spiro atoms. The first-order chi connectivity index (χ1) is 4.20. The second-order valence-corrected chi connectivity index (χ2v) is 2.31. The van der Waals surface area contributed by atoms with Crippen LogP contribution in [0.2, 0.25) is 0 Å². The molecule has 1 heterocycles. The number of nitrogens with zero attached hydrogens (tertiary/aromatic N) is 1. The second-order valence-electron chi connectivity index (χ2n) is 2.31. The van der Waals surface area contributed by atoms with E-state index in [1.807, 2.05) is 13.8 Å². The zero-order chi connectivity index (χ0) is 6.85. The normalized spacial score (nSPS) is 10.6. The van der Waals surface area contributed by atoms with Crippen molar-refractivity contribution in [1.29, 1.82) is 0 Å². The van der Waals surface area contributed by atoms with E-state index in [1.54, 1.807) is 6.07 Å². The predicted octanol–water partition coefficient (Wildman–Crippen LogP) is 1.38. The van der Waals surface area contributed by atoms with Crippen LogP contribution >= 0.6 is 0 Å². The zero-order valence-electron chi connectivity index (χ0n) is 5.59. The molecule has 1 rings (SSSR count). The van der Waals surface area contributed by atoms with Crippen LogP contribution in [-0.2, 0) is 0 Å². The van der Waals surface area contributed by atoms with Crippen LogP contribution in [0.15, 0.2) is 10.6 Å². The second kappa shape index (κ2) is 2.09. The Morgan fingerprint density at radius 3 is 2.56 bits per heavy atom. The molecule has 3 nitrogen and oxygen atoms in total. The molecular weight excluding hydrogens is 116 g/mol. The summed E-state index contributed by atoms with van der Waals surface area (Å²) in [6, 6.07) is 1.74. The molecule has 0 aromatic carbocycles. The summed E-state index contributed by atoms with van der Waals surface area (Å²) >= 11 is 0. The number of nitrogens with two attached hydrogens (primary N) is 1. The lowest BCUT2D eigenvalue weighted by molar-refractivity contribution is 0.373. The summed E-state index contributed by atoms with van der Waals surface area (Å²) in [7, 11) is 0. The zero-order valence-corrected chi connectivity index (χ0v) is 5.59. The van der Waals surface area contributed by atoms with E-state index in [0.29, 0.717) is 11.7 Å². The topological polar surface area (TPSA) is 52.0 Å². The fourth-order valence-corrected chi connectivity index (χ4v) is 0.576. The third kappa shape index (κ3) is 1.22. The van der Waals surface area contributed by atoms with Crippen LogP contribution in [0.4, 0.5) is 5.82 Å². The summed E-state index contributed by atoms with van der Waals surface area (Å²) < 4.78 is 4.85. The van der Waals surface area contributed by atoms with Gasteiger partial charge < -0.3 is 10.3 Å². The van der Waals surface area contributed by atoms with Gasteiger partial charge >= 0.3 is 0 Å². The van der Waals surface area contributed by atoms with Gasteiger partial charge in [-0.05, 0) is 0 Å². The molecule has 50 valence electrons. The van der Waals surface area contributed by atoms with Crippen molar-refractivity contribution in [3.05, 3.63) is 11.8 Å². The molecule has 0 fully saturated rings. The summed E-state index contributed by atoms with van der Waals surface area (Å²) in [5.41, 5.74) is 5.31. The molecule has 0 aliphatic rings. The minimum atomic E-state index is 0.370. The Hall–Kier alpha value is -0.990. The quantitative estimate of drug-likeness (QED) is 0.618. The van der Waals surface area contributed by atoms with Gasteiger partial charge in [0.1, 0.15) is 5.76 Å². The lowest BCUT2D eigenvalue weighted by Crippen LogP contribution is -1.82. The number of rotatable bonds is 1. The average molecular weight is 126 g/mol. The highest BCUT2D eigenvalue weighted by Crippen LogP contribution is 2.15. The van der Waals surface area contributed by atoms with Crippen LogP contribution in [0.25, 0.3) is 0 Å². The van der Waals surface area contributed by atoms with Crippen molar-refractivity contribution in [2.75, 3.05) is 5.73 Å². The van der Waals surface area contributed by atoms with E-state index in [4.69, 9.17) is 10.3 Å². The van der Waals surface area contributed by atoms with Crippen LogP contribution in [0.1, 0.15) is 25.5 Å². The van der Waals surface area contributed by atoms with Crippen LogP contribution < -0.4 is 5.73 Å². The molecule has 0 aliphatic carbocycles. The first-order valence-electron chi connectivity index (χ1n) is 2.92. The van der Waals surface area contributed by atoms with Gasteiger partial charge in [-0.1, -0.05) is 19.0 Å². The van der Waals surface area contributed by atoms with Crippen molar-refractivity contribution in [3.63, 3.8) is 0 Å². The Balaban J connectivity index is 2.85. The van der Waals surface area contributed by atoms with Gasteiger partial charge in [-0.15, -0.1) is 0 Å². The van der Waals surface area contributed by atoms with Crippen LogP contribution in [0.5, 0.6) is 0 Å². The molecule has 0 saturated heterocycles. The number of anilines is 1. The fraction of sp³-hybridized carbons (Fsp3) is 0.500. The van der Waals surface area contributed by atoms with Gasteiger partial charge in [-0.3, -0.25) is 0 Å². The first-order valence-corrected chi connectivity index (χ1v) is 2.92. The molecule has 1 aromatic heterocycles. The molecular formula is C6H10N2O. The van der Waals surface area contributed by atoms with Crippen molar-refractivity contribution in [3.8, 4) is 0 Å². The van der Waals surface area contributed by atoms with Gasteiger partial charge in [-0.2, -0.15) is 0 Å². The Kier molecular flexibility index (Phi) is 1.42. The van der Waals surface area contributed by atoms with Gasteiger partial charge in [0.25, 0.3) is 0 Å². The maximum absolute atomic E-state index is 5.31. The highest BCUT2D eigenvalue weighted by Gasteiger charge is 2.03. The van der Waals surface area contributed by atoms with Crippen molar-refractivity contribution in [1.82, 2.24) is 5.16 Å². The summed E-state index contributed by atoms with van der Waals surface area (Å²) in [5.74, 6) is 1.67.